The van der Waals surface area contributed by atoms with Crippen molar-refractivity contribution in [1.82, 2.24) is 15.5 Å². The smallest absolute Gasteiger partial charge is 0.325 e. The second-order valence-corrected chi connectivity index (χ2v) is 9.01. The minimum absolute atomic E-state index is 0.284. The number of para-hydroxylation sites is 1. The highest BCUT2D eigenvalue weighted by molar-refractivity contribution is 6.09. The zero-order chi connectivity index (χ0) is 24.1. The number of nitrogens with one attached hydrogen (secondary N) is 2. The molecule has 1 aliphatic heterocycles. The van der Waals surface area contributed by atoms with Gasteiger partial charge in [-0.2, -0.15) is 0 Å². The Labute approximate surface area is 199 Å². The number of hydrogen-bond acceptors (Lipinski definition) is 4. The third kappa shape index (κ3) is 4.95. The molecule has 34 heavy (non-hydrogen) atoms. The van der Waals surface area contributed by atoms with Crippen LogP contribution in [0.5, 0.6) is 0 Å². The van der Waals surface area contributed by atoms with Gasteiger partial charge in [0.1, 0.15) is 18.1 Å². The lowest BCUT2D eigenvalue weighted by Crippen LogP contribution is -2.52. The van der Waals surface area contributed by atoms with Crippen LogP contribution in [-0.4, -0.2) is 53.8 Å². The number of benzene rings is 2. The summed E-state index contributed by atoms with van der Waals surface area (Å²) >= 11 is 0. The van der Waals surface area contributed by atoms with Crippen LogP contribution in [-0.2, 0) is 20.8 Å². The zero-order valence-corrected chi connectivity index (χ0v) is 19.3. The first-order valence-electron chi connectivity index (χ1n) is 11.7. The van der Waals surface area contributed by atoms with Crippen LogP contribution in [0.4, 0.5) is 10.5 Å². The first kappa shape index (κ1) is 23.5. The molecule has 0 aromatic heterocycles. The van der Waals surface area contributed by atoms with Gasteiger partial charge in [0.25, 0.3) is 5.91 Å². The van der Waals surface area contributed by atoms with E-state index in [1.54, 1.807) is 7.05 Å². The molecule has 2 aliphatic rings. The highest BCUT2D eigenvalue weighted by atomic mass is 16.2. The van der Waals surface area contributed by atoms with Crippen LogP contribution in [0.2, 0.25) is 0 Å². The molecule has 1 spiro atoms. The minimum atomic E-state index is -0.887. The summed E-state index contributed by atoms with van der Waals surface area (Å²) in [6.07, 6.45) is 4.23. The quantitative estimate of drug-likeness (QED) is 0.618. The van der Waals surface area contributed by atoms with E-state index in [4.69, 9.17) is 0 Å². The number of likely N-dealkylation sites (N-methyl/N-ethyl adjacent to an activating group) is 1. The number of nitrogens with zero attached hydrogens (tertiary/aromatic N) is 2. The van der Waals surface area contributed by atoms with Gasteiger partial charge in [-0.05, 0) is 30.5 Å². The van der Waals surface area contributed by atoms with Crippen LogP contribution in [0.3, 0.4) is 0 Å². The van der Waals surface area contributed by atoms with Crippen molar-refractivity contribution in [1.29, 1.82) is 0 Å². The average molecular weight is 463 g/mol. The molecule has 1 heterocycles. The molecule has 1 saturated carbocycles. The highest BCUT2D eigenvalue weighted by Crippen LogP contribution is 2.33. The van der Waals surface area contributed by atoms with Crippen LogP contribution in [0.15, 0.2) is 60.7 Å². The van der Waals surface area contributed by atoms with E-state index < -0.39 is 30.1 Å². The Kier molecular flexibility index (Phi) is 6.95. The van der Waals surface area contributed by atoms with Gasteiger partial charge < -0.3 is 15.5 Å². The van der Waals surface area contributed by atoms with Gasteiger partial charge in [-0.3, -0.25) is 19.3 Å². The zero-order valence-electron chi connectivity index (χ0n) is 19.3. The van der Waals surface area contributed by atoms with Gasteiger partial charge in [0.15, 0.2) is 0 Å². The fourth-order valence-electron chi connectivity index (χ4n) is 4.76. The minimum Gasteiger partial charge on any atom is -0.342 e. The predicted octanol–water partition coefficient (Wildman–Crippen LogP) is 2.63. The average Bonchev–Trinajstić information content (AvgIpc) is 3.08. The standard InChI is InChI=1S/C26H30N4O4/c1-29(20-13-7-3-8-14-20)23(32)21(17-19-11-5-2-6-12-19)27-22(31)18-30-24(33)26(28-25(30)34)15-9-4-10-16-26/h2-3,5-8,11-14,21H,4,9-10,15-18H2,1H3,(H,27,31)(H,28,34)/t21-/m0/s1. The van der Waals surface area contributed by atoms with E-state index in [1.165, 1.54) is 4.90 Å². The molecular formula is C26H30N4O4. The van der Waals surface area contributed by atoms with E-state index in [2.05, 4.69) is 10.6 Å². The van der Waals surface area contributed by atoms with Gasteiger partial charge in [-0.1, -0.05) is 67.8 Å². The van der Waals surface area contributed by atoms with Crippen LogP contribution in [0.1, 0.15) is 37.7 Å². The molecule has 0 unspecified atom stereocenters. The maximum Gasteiger partial charge on any atom is 0.325 e. The van der Waals surface area contributed by atoms with Crippen LogP contribution >= 0.6 is 0 Å². The Morgan fingerprint density at radius 2 is 1.62 bits per heavy atom. The molecule has 8 heteroatoms. The van der Waals surface area contributed by atoms with Gasteiger partial charge in [0.2, 0.25) is 11.8 Å². The fourth-order valence-corrected chi connectivity index (χ4v) is 4.76. The Hall–Kier alpha value is -3.68. The maximum atomic E-state index is 13.3. The summed E-state index contributed by atoms with van der Waals surface area (Å²) in [6, 6.07) is 17.2. The number of hydrogen-bond donors (Lipinski definition) is 2. The molecule has 2 N–H and O–H groups in total. The summed E-state index contributed by atoms with van der Waals surface area (Å²) in [5.41, 5.74) is 0.703. The molecule has 5 amide bonds. The Morgan fingerprint density at radius 1 is 1.00 bits per heavy atom. The van der Waals surface area contributed by atoms with E-state index in [0.717, 1.165) is 29.7 Å². The number of imide groups is 1. The molecule has 1 saturated heterocycles. The summed E-state index contributed by atoms with van der Waals surface area (Å²) in [5.74, 6) is -1.18. The Bertz CT molecular complexity index is 1050. The summed E-state index contributed by atoms with van der Waals surface area (Å²) in [5, 5.41) is 5.58. The number of rotatable bonds is 7. The summed E-state index contributed by atoms with van der Waals surface area (Å²) < 4.78 is 0. The maximum absolute atomic E-state index is 13.3. The number of anilines is 1. The monoisotopic (exact) mass is 462 g/mol. The first-order chi connectivity index (χ1) is 16.4. The second kappa shape index (κ2) is 10.1. The normalized spacial score (nSPS) is 17.9. The molecule has 0 bridgehead atoms. The topological polar surface area (TPSA) is 98.8 Å². The van der Waals surface area contributed by atoms with E-state index in [9.17, 15) is 19.2 Å². The number of carbonyl (C=O) groups excluding carboxylic acids is 4. The van der Waals surface area contributed by atoms with Crippen molar-refractivity contribution in [3.8, 4) is 0 Å². The van der Waals surface area contributed by atoms with Gasteiger partial charge >= 0.3 is 6.03 Å². The van der Waals surface area contributed by atoms with Crippen molar-refractivity contribution in [2.75, 3.05) is 18.5 Å². The fraction of sp³-hybridized carbons (Fsp3) is 0.385. The molecular weight excluding hydrogens is 432 g/mol. The second-order valence-electron chi connectivity index (χ2n) is 9.01. The predicted molar refractivity (Wildman–Crippen MR) is 128 cm³/mol. The largest absolute Gasteiger partial charge is 0.342 e. The summed E-state index contributed by atoms with van der Waals surface area (Å²) in [7, 11) is 1.66. The van der Waals surface area contributed by atoms with E-state index in [-0.39, 0.29) is 18.2 Å². The van der Waals surface area contributed by atoms with Gasteiger partial charge in [0.05, 0.1) is 0 Å². The highest BCUT2D eigenvalue weighted by Gasteiger charge is 2.51. The number of urea groups is 1. The number of carbonyl (C=O) groups is 4. The van der Waals surface area contributed by atoms with Gasteiger partial charge in [-0.25, -0.2) is 4.79 Å². The Morgan fingerprint density at radius 3 is 2.26 bits per heavy atom. The van der Waals surface area contributed by atoms with Gasteiger partial charge in [-0.15, -0.1) is 0 Å². The van der Waals surface area contributed by atoms with Crippen molar-refractivity contribution in [3.05, 3.63) is 66.2 Å². The van der Waals surface area contributed by atoms with Crippen LogP contribution in [0, 0.1) is 0 Å². The summed E-state index contributed by atoms with van der Waals surface area (Å²) in [6.45, 7) is -0.417. The third-order valence-electron chi connectivity index (χ3n) is 6.64. The van der Waals surface area contributed by atoms with E-state index in [0.29, 0.717) is 18.5 Å². The van der Waals surface area contributed by atoms with Gasteiger partial charge in [0, 0.05) is 19.2 Å². The number of amides is 5. The van der Waals surface area contributed by atoms with Crippen molar-refractivity contribution < 1.29 is 19.2 Å². The lowest BCUT2D eigenvalue weighted by molar-refractivity contribution is -0.136. The van der Waals surface area contributed by atoms with Crippen molar-refractivity contribution in [2.24, 2.45) is 0 Å². The van der Waals surface area contributed by atoms with Crippen molar-refractivity contribution in [3.63, 3.8) is 0 Å². The molecule has 2 aromatic carbocycles. The molecule has 8 nitrogen and oxygen atoms in total. The summed E-state index contributed by atoms with van der Waals surface area (Å²) in [4.78, 5) is 54.3. The first-order valence-corrected chi connectivity index (χ1v) is 11.7. The van der Waals surface area contributed by atoms with Crippen molar-refractivity contribution >= 4 is 29.4 Å². The molecule has 178 valence electrons. The molecule has 1 atom stereocenters. The lowest BCUT2D eigenvalue weighted by Gasteiger charge is -2.30. The lowest BCUT2D eigenvalue weighted by atomic mass is 9.82. The third-order valence-corrected chi connectivity index (χ3v) is 6.64. The van der Waals surface area contributed by atoms with Crippen molar-refractivity contribution in [2.45, 2.75) is 50.1 Å². The van der Waals surface area contributed by atoms with E-state index >= 15 is 0 Å². The SMILES string of the molecule is CN(C(=O)[C@H](Cc1ccccc1)NC(=O)CN1C(=O)NC2(CCCCC2)C1=O)c1ccccc1. The van der Waals surface area contributed by atoms with Crippen LogP contribution in [0.25, 0.3) is 0 Å². The molecule has 2 aromatic rings. The molecule has 4 rings (SSSR count). The van der Waals surface area contributed by atoms with E-state index in [1.807, 2.05) is 60.7 Å². The molecule has 1 aliphatic carbocycles. The Balaban J connectivity index is 1.48. The molecule has 0 radical (unpaired) electrons. The van der Waals surface area contributed by atoms with Crippen LogP contribution < -0.4 is 15.5 Å². The molecule has 2 fully saturated rings.